The van der Waals surface area contributed by atoms with Gasteiger partial charge in [0.05, 0.1) is 36.5 Å². The molecule has 0 saturated heterocycles. The molecule has 0 fully saturated rings. The van der Waals surface area contributed by atoms with E-state index in [-0.39, 0.29) is 36.2 Å². The van der Waals surface area contributed by atoms with Gasteiger partial charge in [0.25, 0.3) is 12.3 Å². The standard InChI is InChI=1S/C25H25F3N6O2/c1-15-11-32(14-29-15)21-8-6-16(10-23(21)36-2)19-12-34(31-30-19)22-9-7-17-18(26)4-3-5-20(17)33(25(22)35)13-24(27)28/h3-6,8,10-12,14,21-24H,7,9,13H2,1-2H3. The zero-order chi connectivity index (χ0) is 25.4. The van der Waals surface area contributed by atoms with Crippen LogP contribution in [0.4, 0.5) is 18.9 Å². The molecule has 188 valence electrons. The zero-order valence-electron chi connectivity index (χ0n) is 19.8. The number of carbonyl (C=O) groups is 1. The van der Waals surface area contributed by atoms with Gasteiger partial charge in [-0.25, -0.2) is 22.8 Å². The van der Waals surface area contributed by atoms with E-state index in [1.54, 1.807) is 19.6 Å². The van der Waals surface area contributed by atoms with E-state index >= 15 is 0 Å². The Hall–Kier alpha value is -3.73. The van der Waals surface area contributed by atoms with Crippen molar-refractivity contribution in [1.82, 2.24) is 24.5 Å². The van der Waals surface area contributed by atoms with Crippen LogP contribution in [0, 0.1) is 12.7 Å². The highest BCUT2D eigenvalue weighted by atomic mass is 19.3. The number of hydrogen-bond acceptors (Lipinski definition) is 5. The maximum absolute atomic E-state index is 14.5. The summed E-state index contributed by atoms with van der Waals surface area (Å²) in [4.78, 5) is 18.6. The Bertz CT molecular complexity index is 1330. The number of aromatic nitrogens is 5. The normalized spacial score (nSPS) is 22.1. The van der Waals surface area contributed by atoms with Crippen molar-refractivity contribution in [3.05, 3.63) is 77.9 Å². The highest BCUT2D eigenvalue weighted by molar-refractivity contribution is 5.97. The minimum absolute atomic E-state index is 0.0882. The molecule has 2 aliphatic rings. The second-order valence-electron chi connectivity index (χ2n) is 8.85. The summed E-state index contributed by atoms with van der Waals surface area (Å²) >= 11 is 0. The van der Waals surface area contributed by atoms with Gasteiger partial charge in [0.15, 0.2) is 0 Å². The van der Waals surface area contributed by atoms with E-state index in [0.717, 1.165) is 16.2 Å². The first-order chi connectivity index (χ1) is 17.4. The Balaban J connectivity index is 1.42. The van der Waals surface area contributed by atoms with Gasteiger partial charge in [-0.15, -0.1) is 5.10 Å². The molecule has 36 heavy (non-hydrogen) atoms. The van der Waals surface area contributed by atoms with E-state index in [4.69, 9.17) is 4.74 Å². The van der Waals surface area contributed by atoms with E-state index < -0.39 is 30.7 Å². The molecule has 5 rings (SSSR count). The molecular formula is C25H25F3N6O2. The van der Waals surface area contributed by atoms with Gasteiger partial charge in [0.2, 0.25) is 0 Å². The predicted molar refractivity (Wildman–Crippen MR) is 126 cm³/mol. The number of methoxy groups -OCH3 is 1. The molecule has 1 aliphatic heterocycles. The summed E-state index contributed by atoms with van der Waals surface area (Å²) in [5.74, 6) is -1.10. The molecule has 2 aromatic heterocycles. The third-order valence-corrected chi connectivity index (χ3v) is 6.55. The molecule has 8 nitrogen and oxygen atoms in total. The van der Waals surface area contributed by atoms with Crippen LogP contribution in [0.5, 0.6) is 0 Å². The Labute approximate surface area is 205 Å². The fraction of sp³-hybridized carbons (Fsp3) is 0.360. The van der Waals surface area contributed by atoms with Crippen LogP contribution >= 0.6 is 0 Å². The molecule has 1 aromatic carbocycles. The van der Waals surface area contributed by atoms with Crippen LogP contribution in [-0.2, 0) is 16.0 Å². The highest BCUT2D eigenvalue weighted by Gasteiger charge is 2.35. The molecule has 3 unspecified atom stereocenters. The van der Waals surface area contributed by atoms with Gasteiger partial charge >= 0.3 is 0 Å². The average Bonchev–Trinajstić information content (AvgIpc) is 3.49. The van der Waals surface area contributed by atoms with Gasteiger partial charge in [-0.2, -0.15) is 0 Å². The minimum Gasteiger partial charge on any atom is -0.375 e. The predicted octanol–water partition coefficient (Wildman–Crippen LogP) is 3.92. The van der Waals surface area contributed by atoms with Crippen molar-refractivity contribution in [2.24, 2.45) is 0 Å². The van der Waals surface area contributed by atoms with Crippen molar-refractivity contribution < 1.29 is 22.7 Å². The number of aryl methyl sites for hydroxylation is 1. The van der Waals surface area contributed by atoms with Gasteiger partial charge in [0.1, 0.15) is 23.7 Å². The maximum atomic E-state index is 14.5. The first-order valence-electron chi connectivity index (χ1n) is 11.6. The number of rotatable bonds is 6. The molecule has 3 heterocycles. The first-order valence-corrected chi connectivity index (χ1v) is 11.6. The number of carbonyl (C=O) groups excluding carboxylic acids is 1. The second-order valence-corrected chi connectivity index (χ2v) is 8.85. The topological polar surface area (TPSA) is 78.1 Å². The largest absolute Gasteiger partial charge is 0.375 e. The molecular weight excluding hydrogens is 473 g/mol. The number of halogens is 3. The van der Waals surface area contributed by atoms with Crippen LogP contribution in [0.1, 0.15) is 35.5 Å². The van der Waals surface area contributed by atoms with Crippen molar-refractivity contribution >= 4 is 17.2 Å². The number of fused-ring (bicyclic) bond motifs is 1. The lowest BCUT2D eigenvalue weighted by Crippen LogP contribution is -2.39. The molecule has 0 N–H and O–H groups in total. The minimum atomic E-state index is -2.77. The quantitative estimate of drug-likeness (QED) is 0.515. The van der Waals surface area contributed by atoms with Crippen molar-refractivity contribution in [3.8, 4) is 0 Å². The van der Waals surface area contributed by atoms with Gasteiger partial charge in [0, 0.05) is 24.4 Å². The summed E-state index contributed by atoms with van der Waals surface area (Å²) in [5.41, 5.74) is 2.57. The Morgan fingerprint density at radius 2 is 2.08 bits per heavy atom. The number of alkyl halides is 2. The number of ether oxygens (including phenoxy) is 1. The number of anilines is 1. The molecule has 0 spiro atoms. The molecule has 3 aromatic rings. The van der Waals surface area contributed by atoms with Gasteiger partial charge in [-0.1, -0.05) is 23.4 Å². The fourth-order valence-corrected chi connectivity index (χ4v) is 4.78. The van der Waals surface area contributed by atoms with Crippen LogP contribution < -0.4 is 4.90 Å². The lowest BCUT2D eigenvalue weighted by Gasteiger charge is -2.26. The van der Waals surface area contributed by atoms with E-state index in [9.17, 15) is 18.0 Å². The van der Waals surface area contributed by atoms with Gasteiger partial charge < -0.3 is 14.2 Å². The smallest absolute Gasteiger partial charge is 0.256 e. The lowest BCUT2D eigenvalue weighted by molar-refractivity contribution is -0.122. The molecule has 0 radical (unpaired) electrons. The highest BCUT2D eigenvalue weighted by Crippen LogP contribution is 2.34. The molecule has 1 aliphatic carbocycles. The number of allylic oxidation sites excluding steroid dienone is 2. The van der Waals surface area contributed by atoms with Crippen LogP contribution in [0.25, 0.3) is 5.57 Å². The van der Waals surface area contributed by atoms with E-state index in [1.807, 2.05) is 35.9 Å². The Kier molecular flexibility index (Phi) is 6.48. The van der Waals surface area contributed by atoms with Crippen LogP contribution in [0.2, 0.25) is 0 Å². The van der Waals surface area contributed by atoms with Crippen LogP contribution in [0.3, 0.4) is 0 Å². The van der Waals surface area contributed by atoms with E-state index in [2.05, 4.69) is 15.3 Å². The third kappa shape index (κ3) is 4.46. The Morgan fingerprint density at radius 1 is 1.25 bits per heavy atom. The van der Waals surface area contributed by atoms with Crippen molar-refractivity contribution in [2.45, 2.75) is 44.4 Å². The SMILES string of the molecule is COC1C=C(c2cn(C3CCc4c(F)cccc4N(CC(F)F)C3=O)nn2)C=CC1n1cnc(C)c1. The third-order valence-electron chi connectivity index (χ3n) is 6.55. The molecule has 0 bridgehead atoms. The maximum Gasteiger partial charge on any atom is 0.256 e. The zero-order valence-corrected chi connectivity index (χ0v) is 19.8. The van der Waals surface area contributed by atoms with E-state index in [1.165, 1.54) is 22.9 Å². The summed E-state index contributed by atoms with van der Waals surface area (Å²) in [7, 11) is 1.62. The number of amides is 1. The number of nitrogens with zero attached hydrogens (tertiary/aromatic N) is 6. The van der Waals surface area contributed by atoms with Gasteiger partial charge in [-0.3, -0.25) is 4.79 Å². The summed E-state index contributed by atoms with van der Waals surface area (Å²) in [6, 6.07) is 3.19. The molecule has 0 saturated carbocycles. The number of hydrogen-bond donors (Lipinski definition) is 0. The molecule has 3 atom stereocenters. The number of benzene rings is 1. The van der Waals surface area contributed by atoms with E-state index in [0.29, 0.717) is 5.69 Å². The summed E-state index contributed by atoms with van der Waals surface area (Å²) in [5, 5.41) is 8.37. The van der Waals surface area contributed by atoms with Gasteiger partial charge in [-0.05, 0) is 38.0 Å². The average molecular weight is 499 g/mol. The summed E-state index contributed by atoms with van der Waals surface area (Å²) in [6.45, 7) is 1.08. The monoisotopic (exact) mass is 498 g/mol. The van der Waals surface area contributed by atoms with Crippen LogP contribution in [-0.4, -0.2) is 56.6 Å². The Morgan fingerprint density at radius 3 is 2.81 bits per heavy atom. The lowest BCUT2D eigenvalue weighted by atomic mass is 9.98. The molecule has 1 amide bonds. The number of imidazole rings is 1. The van der Waals surface area contributed by atoms with Crippen molar-refractivity contribution in [1.29, 1.82) is 0 Å². The first kappa shape index (κ1) is 24.0. The summed E-state index contributed by atoms with van der Waals surface area (Å²) < 4.78 is 50.2. The van der Waals surface area contributed by atoms with Crippen molar-refractivity contribution in [2.75, 3.05) is 18.6 Å². The fourth-order valence-electron chi connectivity index (χ4n) is 4.78. The van der Waals surface area contributed by atoms with Crippen molar-refractivity contribution in [3.63, 3.8) is 0 Å². The van der Waals surface area contributed by atoms with Crippen LogP contribution in [0.15, 0.2) is 55.1 Å². The second kappa shape index (κ2) is 9.73. The summed E-state index contributed by atoms with van der Waals surface area (Å²) in [6.07, 6.45) is 8.41. The molecule has 11 heteroatoms.